The fraction of sp³-hybridized carbons (Fsp3) is 0.429. The molecule has 6 rings (SSSR count). The molecular weight excluding hydrogens is 781 g/mol. The molecule has 0 aromatic heterocycles. The summed E-state index contributed by atoms with van der Waals surface area (Å²) in [5.74, 6) is 0.130. The van der Waals surface area contributed by atoms with Gasteiger partial charge in [0.25, 0.3) is 0 Å². The Morgan fingerprint density at radius 1 is 0.793 bits per heavy atom. The van der Waals surface area contributed by atoms with Crippen LogP contribution in [0.1, 0.15) is 81.0 Å². The number of nitrogens with one attached hydrogen (secondary N) is 6. The van der Waals surface area contributed by atoms with Crippen molar-refractivity contribution >= 4 is 69.6 Å². The van der Waals surface area contributed by atoms with Crippen LogP contribution in [0.3, 0.4) is 0 Å². The number of phenols is 1. The van der Waals surface area contributed by atoms with Gasteiger partial charge in [-0.3, -0.25) is 14.4 Å². The van der Waals surface area contributed by atoms with E-state index in [0.717, 1.165) is 63.5 Å². The maximum atomic E-state index is 12.5. The van der Waals surface area contributed by atoms with Crippen LogP contribution in [0, 0.1) is 0 Å². The van der Waals surface area contributed by atoms with Crippen LogP contribution < -0.4 is 37.3 Å². The first kappa shape index (κ1) is 42.3. The molecule has 0 unspecified atom stereocenters. The maximum absolute atomic E-state index is 12.5. The molecule has 4 amide bonds. The molecule has 4 aliphatic rings. The molecule has 3 aliphatic heterocycles. The van der Waals surface area contributed by atoms with Gasteiger partial charge in [-0.05, 0) is 99.1 Å². The lowest BCUT2D eigenvalue weighted by molar-refractivity contribution is -0.122. The van der Waals surface area contributed by atoms with Crippen LogP contribution in [0.4, 0.5) is 10.5 Å². The molecular formula is C42H50N6O8S2. The van der Waals surface area contributed by atoms with Crippen LogP contribution in [0.5, 0.6) is 5.75 Å². The summed E-state index contributed by atoms with van der Waals surface area (Å²) in [6.45, 7) is 1.80. The van der Waals surface area contributed by atoms with Gasteiger partial charge in [-0.2, -0.15) is 11.8 Å². The predicted octanol–water partition coefficient (Wildman–Crippen LogP) is 5.94. The highest BCUT2D eigenvalue weighted by Crippen LogP contribution is 2.42. The lowest BCUT2D eigenvalue weighted by atomic mass is 9.90. The standard InChI is InChI=1S/C42H50N6O8S2/c49-26-13-16-29-33(22-26)56-34-23-27(50)14-17-30(34)38(29)28-15-12-25(21-31(28)40(53)54)46-42(57)45-20-8-2-7-19-44-36(51)10-3-1-6-18-43-37(52)11-5-4-9-35-39-32(24-58-35)47-41(55)48-39/h12-17,21-23,32,35,39,49H,1-11,18-20,24H2,(H,43,52)(H,44,51)(H,53,54)(H2,45,46,57)(H2,47,48,55)/t32-,35-,39-/m0/s1. The average Bonchev–Trinajstić information content (AvgIpc) is 3.75. The molecule has 1 aliphatic carbocycles. The second-order valence-corrected chi connectivity index (χ2v) is 16.4. The molecule has 0 saturated carbocycles. The van der Waals surface area contributed by atoms with E-state index in [9.17, 15) is 34.2 Å². The molecule has 2 aromatic rings. The van der Waals surface area contributed by atoms with Crippen molar-refractivity contribution in [3.8, 4) is 28.2 Å². The zero-order valence-electron chi connectivity index (χ0n) is 32.2. The van der Waals surface area contributed by atoms with Gasteiger partial charge in [0.2, 0.25) is 11.8 Å². The summed E-state index contributed by atoms with van der Waals surface area (Å²) < 4.78 is 5.90. The zero-order valence-corrected chi connectivity index (χ0v) is 33.8. The quantitative estimate of drug-likeness (QED) is 0.0225. The molecule has 14 nitrogen and oxygen atoms in total. The Hall–Kier alpha value is -5.35. The molecule has 58 heavy (non-hydrogen) atoms. The van der Waals surface area contributed by atoms with E-state index in [1.165, 1.54) is 30.3 Å². The molecule has 308 valence electrons. The molecule has 0 spiro atoms. The Morgan fingerprint density at radius 3 is 2.22 bits per heavy atom. The Bertz CT molecular complexity index is 2160. The molecule has 2 fully saturated rings. The van der Waals surface area contributed by atoms with Gasteiger partial charge in [0.05, 0.1) is 17.6 Å². The van der Waals surface area contributed by atoms with Crippen LogP contribution in [0.2, 0.25) is 0 Å². The van der Waals surface area contributed by atoms with Gasteiger partial charge >= 0.3 is 12.0 Å². The van der Waals surface area contributed by atoms with Crippen molar-refractivity contribution in [1.82, 2.24) is 26.6 Å². The summed E-state index contributed by atoms with van der Waals surface area (Å²) in [5, 5.41) is 39.7. The number of amides is 4. The number of hydrogen-bond acceptors (Lipinski definition) is 9. The number of carbonyl (C=O) groups is 4. The Morgan fingerprint density at radius 2 is 1.48 bits per heavy atom. The lowest BCUT2D eigenvalue weighted by Gasteiger charge is -2.18. The minimum absolute atomic E-state index is 0.0162. The van der Waals surface area contributed by atoms with Crippen molar-refractivity contribution in [2.45, 2.75) is 88.0 Å². The molecule has 8 N–H and O–H groups in total. The van der Waals surface area contributed by atoms with E-state index >= 15 is 0 Å². The number of thioether (sulfide) groups is 1. The van der Waals surface area contributed by atoms with E-state index in [1.807, 2.05) is 11.8 Å². The third kappa shape index (κ3) is 11.4. The van der Waals surface area contributed by atoms with Gasteiger partial charge in [-0.15, -0.1) is 0 Å². The number of hydrogen-bond donors (Lipinski definition) is 8. The highest BCUT2D eigenvalue weighted by atomic mass is 32.2. The number of carboxylic acids is 1. The van der Waals surface area contributed by atoms with Gasteiger partial charge in [-0.25, -0.2) is 9.59 Å². The number of aromatic carboxylic acids is 1. The van der Waals surface area contributed by atoms with Crippen LogP contribution >= 0.6 is 24.0 Å². The molecule has 0 bridgehead atoms. The highest BCUT2D eigenvalue weighted by molar-refractivity contribution is 8.00. The van der Waals surface area contributed by atoms with Crippen LogP contribution in [0.25, 0.3) is 33.4 Å². The number of benzene rings is 3. The third-order valence-corrected chi connectivity index (χ3v) is 12.2. The number of rotatable bonds is 20. The van der Waals surface area contributed by atoms with Crippen molar-refractivity contribution in [3.63, 3.8) is 0 Å². The van der Waals surface area contributed by atoms with E-state index in [0.29, 0.717) is 76.2 Å². The smallest absolute Gasteiger partial charge is 0.336 e. The van der Waals surface area contributed by atoms with Gasteiger partial charge in [0, 0.05) is 77.8 Å². The van der Waals surface area contributed by atoms with E-state index in [1.54, 1.807) is 24.3 Å². The minimum atomic E-state index is -1.15. The zero-order chi connectivity index (χ0) is 41.0. The Labute approximate surface area is 346 Å². The predicted molar refractivity (Wildman–Crippen MR) is 230 cm³/mol. The van der Waals surface area contributed by atoms with Crippen LogP contribution in [0.15, 0.2) is 63.8 Å². The van der Waals surface area contributed by atoms with Gasteiger partial charge in [-0.1, -0.05) is 18.9 Å². The first-order valence-electron chi connectivity index (χ1n) is 19.9. The fourth-order valence-electron chi connectivity index (χ4n) is 7.46. The fourth-order valence-corrected chi connectivity index (χ4v) is 9.23. The van der Waals surface area contributed by atoms with E-state index in [-0.39, 0.29) is 52.4 Å². The van der Waals surface area contributed by atoms with Gasteiger partial charge in [0.1, 0.15) is 17.1 Å². The summed E-state index contributed by atoms with van der Waals surface area (Å²) in [6, 6.07) is 14.2. The number of aromatic hydroxyl groups is 1. The number of unbranched alkanes of at least 4 members (excludes halogenated alkanes) is 5. The van der Waals surface area contributed by atoms with Crippen molar-refractivity contribution in [2.24, 2.45) is 0 Å². The Balaban J connectivity index is 0.820. The maximum Gasteiger partial charge on any atom is 0.336 e. The summed E-state index contributed by atoms with van der Waals surface area (Å²) in [7, 11) is 0. The topological polar surface area (TPSA) is 211 Å². The van der Waals surface area contributed by atoms with Crippen LogP contribution in [-0.4, -0.2) is 81.9 Å². The summed E-state index contributed by atoms with van der Waals surface area (Å²) in [4.78, 5) is 60.6. The summed E-state index contributed by atoms with van der Waals surface area (Å²) in [5.41, 5.74) is 2.08. The highest BCUT2D eigenvalue weighted by Gasteiger charge is 2.42. The minimum Gasteiger partial charge on any atom is -0.508 e. The number of urea groups is 1. The van der Waals surface area contributed by atoms with E-state index in [4.69, 9.17) is 16.6 Å². The van der Waals surface area contributed by atoms with Crippen molar-refractivity contribution in [2.75, 3.05) is 30.7 Å². The number of phenolic OH excluding ortho intramolecular Hbond substituents is 1. The first-order valence-corrected chi connectivity index (χ1v) is 21.4. The van der Waals surface area contributed by atoms with Gasteiger partial charge < -0.3 is 46.5 Å². The van der Waals surface area contributed by atoms with Crippen LogP contribution in [-0.2, 0) is 9.59 Å². The molecule has 16 heteroatoms. The van der Waals surface area contributed by atoms with E-state index in [2.05, 4.69) is 31.9 Å². The normalized spacial score (nSPS) is 17.0. The van der Waals surface area contributed by atoms with E-state index < -0.39 is 5.97 Å². The number of fused-ring (bicyclic) bond motifs is 3. The molecule has 0 radical (unpaired) electrons. The second kappa shape index (κ2) is 20.4. The molecule has 3 atom stereocenters. The average molecular weight is 831 g/mol. The third-order valence-electron chi connectivity index (χ3n) is 10.4. The monoisotopic (exact) mass is 830 g/mol. The second-order valence-electron chi connectivity index (χ2n) is 14.7. The first-order chi connectivity index (χ1) is 28.0. The SMILES string of the molecule is O=C(CCCCCNC(=O)CCCC[C@@H]1SC[C@@H]2NC(=O)N[C@@H]21)NCCCCCNC(=S)Nc1ccc(-c2c3ccc(=O)cc-3oc3cc(O)ccc23)c(C(=O)O)c1. The number of carbonyl (C=O) groups excluding carboxylic acids is 3. The molecule has 2 saturated heterocycles. The molecule has 2 aromatic carbocycles. The number of thiocarbonyl (C=S) groups is 1. The largest absolute Gasteiger partial charge is 0.508 e. The summed E-state index contributed by atoms with van der Waals surface area (Å²) >= 11 is 7.36. The van der Waals surface area contributed by atoms with Gasteiger partial charge in [0.15, 0.2) is 10.5 Å². The Kier molecular flexibility index (Phi) is 14.8. The van der Waals surface area contributed by atoms with Crippen molar-refractivity contribution in [1.29, 1.82) is 0 Å². The van der Waals surface area contributed by atoms with Crippen molar-refractivity contribution in [3.05, 3.63) is 70.4 Å². The number of anilines is 1. The molecule has 3 heterocycles. The summed E-state index contributed by atoms with van der Waals surface area (Å²) in [6.07, 6.45) is 8.75. The number of carboxylic acid groups (broad SMARTS) is 1. The van der Waals surface area contributed by atoms with Crippen molar-refractivity contribution < 1.29 is 33.8 Å². The lowest BCUT2D eigenvalue weighted by Crippen LogP contribution is -2.36.